The highest BCUT2D eigenvalue weighted by Gasteiger charge is 2.07. The molecule has 0 aliphatic carbocycles. The number of rotatable bonds is 9. The van der Waals surface area contributed by atoms with E-state index >= 15 is 0 Å². The second-order valence-corrected chi connectivity index (χ2v) is 5.30. The Bertz CT molecular complexity index is 407. The number of aromatic nitrogens is 2. The van der Waals surface area contributed by atoms with Crippen LogP contribution in [0.5, 0.6) is 0 Å². The predicted molar refractivity (Wildman–Crippen MR) is 84.0 cm³/mol. The Morgan fingerprint density at radius 3 is 2.65 bits per heavy atom. The molecule has 0 aliphatic heterocycles. The molecule has 1 heterocycles. The van der Waals surface area contributed by atoms with E-state index in [0.29, 0.717) is 11.9 Å². The highest BCUT2D eigenvalue weighted by Crippen LogP contribution is 2.17. The third kappa shape index (κ3) is 5.74. The molecule has 0 saturated heterocycles. The molecule has 1 aromatic heterocycles. The van der Waals surface area contributed by atoms with Gasteiger partial charge >= 0.3 is 0 Å². The second kappa shape index (κ2) is 8.74. The topological polar surface area (TPSA) is 73.1 Å². The van der Waals surface area contributed by atoms with Crippen LogP contribution >= 0.6 is 0 Å². The van der Waals surface area contributed by atoms with Crippen molar-refractivity contribution in [3.8, 4) is 0 Å². The van der Waals surface area contributed by atoms with Gasteiger partial charge in [-0.25, -0.2) is 9.97 Å². The third-order valence-corrected chi connectivity index (χ3v) is 3.02. The molecule has 0 bridgehead atoms. The maximum absolute atomic E-state index is 5.93. The normalized spacial score (nSPS) is 11.1. The summed E-state index contributed by atoms with van der Waals surface area (Å²) in [6.45, 7) is 9.87. The zero-order valence-corrected chi connectivity index (χ0v) is 13.2. The maximum Gasteiger partial charge on any atom is 0.134 e. The largest absolute Gasteiger partial charge is 0.383 e. The van der Waals surface area contributed by atoms with Crippen LogP contribution in [0.4, 0.5) is 11.6 Å². The van der Waals surface area contributed by atoms with Gasteiger partial charge in [-0.3, -0.25) is 0 Å². The highest BCUT2D eigenvalue weighted by molar-refractivity contribution is 5.54. The van der Waals surface area contributed by atoms with Crippen LogP contribution in [-0.2, 0) is 11.2 Å². The molecule has 0 amide bonds. The van der Waals surface area contributed by atoms with Gasteiger partial charge < -0.3 is 15.8 Å². The Hall–Kier alpha value is -1.36. The molecule has 0 atom stereocenters. The van der Waals surface area contributed by atoms with Crippen molar-refractivity contribution in [1.29, 1.82) is 0 Å². The van der Waals surface area contributed by atoms with Crippen molar-refractivity contribution in [2.75, 3.05) is 24.2 Å². The third-order valence-electron chi connectivity index (χ3n) is 3.02. The molecular formula is C15H28N4O. The van der Waals surface area contributed by atoms with Crippen LogP contribution < -0.4 is 11.1 Å². The fourth-order valence-electron chi connectivity index (χ4n) is 1.84. The lowest BCUT2D eigenvalue weighted by Gasteiger charge is -2.12. The Morgan fingerprint density at radius 1 is 1.25 bits per heavy atom. The number of hydrogen-bond acceptors (Lipinski definition) is 5. The van der Waals surface area contributed by atoms with Crippen molar-refractivity contribution in [3.63, 3.8) is 0 Å². The second-order valence-electron chi connectivity index (χ2n) is 5.30. The van der Waals surface area contributed by atoms with Gasteiger partial charge in [-0.05, 0) is 40.0 Å². The van der Waals surface area contributed by atoms with Crippen LogP contribution in [0.1, 0.15) is 51.4 Å². The molecule has 0 aromatic carbocycles. The minimum atomic E-state index is 0.309. The first-order valence-corrected chi connectivity index (χ1v) is 7.53. The van der Waals surface area contributed by atoms with Crippen molar-refractivity contribution in [1.82, 2.24) is 9.97 Å². The minimum absolute atomic E-state index is 0.309. The molecule has 20 heavy (non-hydrogen) atoms. The smallest absolute Gasteiger partial charge is 0.134 e. The van der Waals surface area contributed by atoms with Gasteiger partial charge in [0.15, 0.2) is 0 Å². The van der Waals surface area contributed by atoms with E-state index in [4.69, 9.17) is 10.5 Å². The molecule has 3 N–H and O–H groups in total. The molecule has 5 nitrogen and oxygen atoms in total. The molecule has 0 radical (unpaired) electrons. The van der Waals surface area contributed by atoms with Crippen LogP contribution in [0, 0.1) is 6.92 Å². The lowest BCUT2D eigenvalue weighted by molar-refractivity contribution is 0.0765. The summed E-state index contributed by atoms with van der Waals surface area (Å²) in [6.07, 6.45) is 4.30. The van der Waals surface area contributed by atoms with Gasteiger partial charge in [0.25, 0.3) is 0 Å². The number of nitrogen functional groups attached to an aromatic ring is 1. The van der Waals surface area contributed by atoms with E-state index in [0.717, 1.165) is 56.0 Å². The van der Waals surface area contributed by atoms with Crippen LogP contribution in [0.2, 0.25) is 0 Å². The average Bonchev–Trinajstić information content (AvgIpc) is 2.39. The Labute approximate surface area is 122 Å². The Morgan fingerprint density at radius 2 is 2.00 bits per heavy atom. The van der Waals surface area contributed by atoms with Crippen LogP contribution in [0.25, 0.3) is 0 Å². The number of nitrogens with one attached hydrogen (secondary N) is 1. The first-order valence-electron chi connectivity index (χ1n) is 7.53. The van der Waals surface area contributed by atoms with Gasteiger partial charge in [0.2, 0.25) is 0 Å². The number of hydrogen-bond donors (Lipinski definition) is 2. The van der Waals surface area contributed by atoms with Crippen molar-refractivity contribution >= 4 is 11.6 Å². The fourth-order valence-corrected chi connectivity index (χ4v) is 1.84. The quantitative estimate of drug-likeness (QED) is 0.680. The Balaban J connectivity index is 2.42. The number of aryl methyl sites for hydroxylation is 1. The molecule has 1 rings (SSSR count). The van der Waals surface area contributed by atoms with E-state index in [9.17, 15) is 0 Å². The van der Waals surface area contributed by atoms with Crippen LogP contribution in [0.15, 0.2) is 0 Å². The SMILES string of the molecule is CCCc1nc(N)c(C)c(NCCCCOC(C)C)n1. The number of nitrogens with zero attached hydrogens (tertiary/aromatic N) is 2. The van der Waals surface area contributed by atoms with Crippen LogP contribution in [0.3, 0.4) is 0 Å². The van der Waals surface area contributed by atoms with Gasteiger partial charge in [-0.15, -0.1) is 0 Å². The zero-order chi connectivity index (χ0) is 15.0. The van der Waals surface area contributed by atoms with Gasteiger partial charge in [0.05, 0.1) is 6.10 Å². The maximum atomic E-state index is 5.93. The number of unbranched alkanes of at least 4 members (excludes halogenated alkanes) is 1. The summed E-state index contributed by atoms with van der Waals surface area (Å²) in [7, 11) is 0. The van der Waals surface area contributed by atoms with Crippen molar-refractivity contribution in [2.45, 2.75) is 59.5 Å². The lowest BCUT2D eigenvalue weighted by atomic mass is 10.2. The minimum Gasteiger partial charge on any atom is -0.383 e. The summed E-state index contributed by atoms with van der Waals surface area (Å²) in [6, 6.07) is 0. The molecule has 0 unspecified atom stereocenters. The molecule has 0 saturated carbocycles. The monoisotopic (exact) mass is 280 g/mol. The van der Waals surface area contributed by atoms with E-state index in [2.05, 4.69) is 36.1 Å². The van der Waals surface area contributed by atoms with Gasteiger partial charge in [0.1, 0.15) is 17.5 Å². The fraction of sp³-hybridized carbons (Fsp3) is 0.733. The first-order chi connectivity index (χ1) is 9.54. The van der Waals surface area contributed by atoms with Crippen molar-refractivity contribution < 1.29 is 4.74 Å². The molecule has 114 valence electrons. The zero-order valence-electron chi connectivity index (χ0n) is 13.2. The predicted octanol–water partition coefficient (Wildman–Crippen LogP) is 2.94. The number of ether oxygens (including phenoxy) is 1. The molecule has 0 spiro atoms. The summed E-state index contributed by atoms with van der Waals surface area (Å²) < 4.78 is 5.51. The van der Waals surface area contributed by atoms with E-state index < -0.39 is 0 Å². The molecule has 5 heteroatoms. The van der Waals surface area contributed by atoms with Crippen molar-refractivity contribution in [2.24, 2.45) is 0 Å². The molecule has 0 aliphatic rings. The lowest BCUT2D eigenvalue weighted by Crippen LogP contribution is -2.11. The first kappa shape index (κ1) is 16.7. The average molecular weight is 280 g/mol. The summed E-state index contributed by atoms with van der Waals surface area (Å²) in [5, 5.41) is 3.35. The van der Waals surface area contributed by atoms with E-state index in [1.807, 2.05) is 6.92 Å². The van der Waals surface area contributed by atoms with Gasteiger partial charge in [0, 0.05) is 25.1 Å². The van der Waals surface area contributed by atoms with E-state index in [1.165, 1.54) is 0 Å². The summed E-state index contributed by atoms with van der Waals surface area (Å²) >= 11 is 0. The molecule has 0 fully saturated rings. The van der Waals surface area contributed by atoms with Gasteiger partial charge in [-0.2, -0.15) is 0 Å². The molecule has 1 aromatic rings. The molecular weight excluding hydrogens is 252 g/mol. The standard InChI is InChI=1S/C15H28N4O/c1-5-8-13-18-14(16)12(4)15(19-13)17-9-6-7-10-20-11(2)3/h11H,5-10H2,1-4H3,(H3,16,17,18,19). The Kier molecular flexibility index (Phi) is 7.30. The van der Waals surface area contributed by atoms with Crippen molar-refractivity contribution in [3.05, 3.63) is 11.4 Å². The summed E-state index contributed by atoms with van der Waals surface area (Å²) in [5.41, 5.74) is 6.86. The van der Waals surface area contributed by atoms with Crippen LogP contribution in [-0.4, -0.2) is 29.2 Å². The van der Waals surface area contributed by atoms with Gasteiger partial charge in [-0.1, -0.05) is 6.92 Å². The summed E-state index contributed by atoms with van der Waals surface area (Å²) in [5.74, 6) is 2.26. The highest BCUT2D eigenvalue weighted by atomic mass is 16.5. The summed E-state index contributed by atoms with van der Waals surface area (Å²) in [4.78, 5) is 8.84. The number of nitrogens with two attached hydrogens (primary N) is 1. The number of anilines is 2. The van der Waals surface area contributed by atoms with E-state index in [-0.39, 0.29) is 0 Å². The van der Waals surface area contributed by atoms with E-state index in [1.54, 1.807) is 0 Å².